The van der Waals surface area contributed by atoms with Gasteiger partial charge in [0.2, 0.25) is 0 Å². The van der Waals surface area contributed by atoms with Crippen molar-refractivity contribution in [1.29, 1.82) is 0 Å². The lowest BCUT2D eigenvalue weighted by atomic mass is 9.86. The van der Waals surface area contributed by atoms with Crippen molar-refractivity contribution >= 4 is 21.7 Å². The smallest absolute Gasteiger partial charge is 0.306 e. The van der Waals surface area contributed by atoms with Gasteiger partial charge in [-0.2, -0.15) is 0 Å². The normalized spacial score (nSPS) is 19.7. The fourth-order valence-electron chi connectivity index (χ4n) is 3.54. The van der Waals surface area contributed by atoms with Crippen molar-refractivity contribution in [1.82, 2.24) is 5.32 Å². The molecule has 0 radical (unpaired) electrons. The predicted molar refractivity (Wildman–Crippen MR) is 105 cm³/mol. The number of benzene rings is 2. The van der Waals surface area contributed by atoms with Crippen LogP contribution in [-0.2, 0) is 20.4 Å². The Kier molecular flexibility index (Phi) is 6.14. The molecular weight excluding hydrogens is 378 g/mol. The second-order valence-electron chi connectivity index (χ2n) is 7.10. The largest absolute Gasteiger partial charge is 0.481 e. The number of aliphatic carboxylic acids is 1. The molecule has 148 valence electrons. The molecule has 7 heteroatoms. The fraction of sp³-hybridized carbons (Fsp3) is 0.333. The van der Waals surface area contributed by atoms with E-state index in [1.165, 1.54) is 12.1 Å². The van der Waals surface area contributed by atoms with E-state index < -0.39 is 21.7 Å². The number of sulfone groups is 1. The lowest BCUT2D eigenvalue weighted by molar-refractivity contribution is -0.142. The third kappa shape index (κ3) is 4.78. The van der Waals surface area contributed by atoms with Crippen LogP contribution in [0.5, 0.6) is 0 Å². The molecule has 2 aromatic carbocycles. The Morgan fingerprint density at radius 3 is 2.18 bits per heavy atom. The summed E-state index contributed by atoms with van der Waals surface area (Å²) in [7, 11) is -3.69. The predicted octanol–water partition coefficient (Wildman–Crippen LogP) is 3.03. The molecule has 2 N–H and O–H groups in total. The van der Waals surface area contributed by atoms with Crippen LogP contribution in [0.15, 0.2) is 59.5 Å². The van der Waals surface area contributed by atoms with Gasteiger partial charge in [-0.25, -0.2) is 8.42 Å². The first-order valence-electron chi connectivity index (χ1n) is 9.26. The lowest BCUT2D eigenvalue weighted by Gasteiger charge is -2.27. The Bertz CT molecular complexity index is 948. The molecule has 0 aromatic heterocycles. The SMILES string of the molecule is O=C(NC1CCC(C(=O)O)CC1)c1ccccc1S(=O)(=O)Cc1ccccc1. The minimum absolute atomic E-state index is 0.00979. The van der Waals surface area contributed by atoms with E-state index in [9.17, 15) is 18.0 Å². The summed E-state index contributed by atoms with van der Waals surface area (Å²) in [5.41, 5.74) is 0.781. The highest BCUT2D eigenvalue weighted by molar-refractivity contribution is 7.90. The topological polar surface area (TPSA) is 101 Å². The summed E-state index contributed by atoms with van der Waals surface area (Å²) in [6.45, 7) is 0. The van der Waals surface area contributed by atoms with Crippen LogP contribution in [0.1, 0.15) is 41.6 Å². The zero-order valence-corrected chi connectivity index (χ0v) is 16.2. The number of carboxylic acid groups (broad SMARTS) is 1. The highest BCUT2D eigenvalue weighted by atomic mass is 32.2. The average Bonchev–Trinajstić information content (AvgIpc) is 2.69. The molecule has 1 amide bonds. The average molecular weight is 401 g/mol. The summed E-state index contributed by atoms with van der Waals surface area (Å²) in [6.07, 6.45) is 2.16. The van der Waals surface area contributed by atoms with Gasteiger partial charge >= 0.3 is 5.97 Å². The second kappa shape index (κ2) is 8.56. The van der Waals surface area contributed by atoms with Crippen molar-refractivity contribution in [2.24, 2.45) is 5.92 Å². The van der Waals surface area contributed by atoms with E-state index in [0.29, 0.717) is 31.2 Å². The molecule has 2 aromatic rings. The molecule has 0 unspecified atom stereocenters. The maximum absolute atomic E-state index is 12.9. The number of rotatable bonds is 6. The van der Waals surface area contributed by atoms with Crippen LogP contribution in [0.4, 0.5) is 0 Å². The van der Waals surface area contributed by atoms with Gasteiger partial charge in [0.1, 0.15) is 0 Å². The standard InChI is InChI=1S/C21H23NO5S/c23-20(22-17-12-10-16(11-13-17)21(24)25)18-8-4-5-9-19(18)28(26,27)14-15-6-2-1-3-7-15/h1-9,16-17H,10-14H2,(H,22,23)(H,24,25). The molecular formula is C21H23NO5S. The van der Waals surface area contributed by atoms with Crippen molar-refractivity contribution in [2.45, 2.75) is 42.4 Å². The van der Waals surface area contributed by atoms with Crippen molar-refractivity contribution in [2.75, 3.05) is 0 Å². The Labute approximate surface area is 164 Å². The summed E-state index contributed by atoms with van der Waals surface area (Å²) in [6, 6.07) is 14.9. The first kappa shape index (κ1) is 20.1. The number of amides is 1. The number of carbonyl (C=O) groups is 2. The first-order chi connectivity index (χ1) is 13.4. The van der Waals surface area contributed by atoms with E-state index in [2.05, 4.69) is 5.32 Å². The Morgan fingerprint density at radius 1 is 0.929 bits per heavy atom. The summed E-state index contributed by atoms with van der Waals surface area (Å²) < 4.78 is 25.8. The van der Waals surface area contributed by atoms with Crippen LogP contribution in [0.2, 0.25) is 0 Å². The van der Waals surface area contributed by atoms with Crippen LogP contribution in [0.3, 0.4) is 0 Å². The molecule has 6 nitrogen and oxygen atoms in total. The van der Waals surface area contributed by atoms with Gasteiger partial charge in [-0.3, -0.25) is 9.59 Å². The maximum Gasteiger partial charge on any atom is 0.306 e. The molecule has 0 heterocycles. The Hall–Kier alpha value is -2.67. The van der Waals surface area contributed by atoms with Gasteiger partial charge in [0.05, 0.1) is 22.1 Å². The highest BCUT2D eigenvalue weighted by Crippen LogP contribution is 2.26. The molecule has 1 saturated carbocycles. The van der Waals surface area contributed by atoms with Gasteiger partial charge in [-0.15, -0.1) is 0 Å². The monoisotopic (exact) mass is 401 g/mol. The quantitative estimate of drug-likeness (QED) is 0.775. The number of nitrogens with one attached hydrogen (secondary N) is 1. The zero-order valence-electron chi connectivity index (χ0n) is 15.4. The molecule has 0 saturated heterocycles. The Morgan fingerprint density at radius 2 is 1.54 bits per heavy atom. The third-order valence-electron chi connectivity index (χ3n) is 5.08. The molecule has 1 fully saturated rings. The molecule has 0 bridgehead atoms. The number of hydrogen-bond acceptors (Lipinski definition) is 4. The van der Waals surface area contributed by atoms with Gasteiger partial charge in [0.15, 0.2) is 9.84 Å². The summed E-state index contributed by atoms with van der Waals surface area (Å²) in [5.74, 6) is -1.79. The van der Waals surface area contributed by atoms with E-state index >= 15 is 0 Å². The molecule has 0 aliphatic heterocycles. The van der Waals surface area contributed by atoms with E-state index in [0.717, 1.165) is 0 Å². The van der Waals surface area contributed by atoms with Gasteiger partial charge in [-0.05, 0) is 43.4 Å². The summed E-state index contributed by atoms with van der Waals surface area (Å²) in [5, 5.41) is 12.0. The van der Waals surface area contributed by atoms with Crippen molar-refractivity contribution in [3.8, 4) is 0 Å². The minimum Gasteiger partial charge on any atom is -0.481 e. The van der Waals surface area contributed by atoms with Crippen molar-refractivity contribution in [3.63, 3.8) is 0 Å². The van der Waals surface area contributed by atoms with Crippen LogP contribution >= 0.6 is 0 Å². The summed E-state index contributed by atoms with van der Waals surface area (Å²) >= 11 is 0. The van der Waals surface area contributed by atoms with Crippen molar-refractivity contribution < 1.29 is 23.1 Å². The number of carbonyl (C=O) groups excluding carboxylic acids is 1. The zero-order chi connectivity index (χ0) is 20.1. The molecule has 28 heavy (non-hydrogen) atoms. The third-order valence-corrected chi connectivity index (χ3v) is 6.82. The highest BCUT2D eigenvalue weighted by Gasteiger charge is 2.28. The van der Waals surface area contributed by atoms with Crippen LogP contribution in [0, 0.1) is 5.92 Å². The van der Waals surface area contributed by atoms with Crippen LogP contribution in [0.25, 0.3) is 0 Å². The number of carboxylic acids is 1. The van der Waals surface area contributed by atoms with Crippen LogP contribution in [-0.4, -0.2) is 31.4 Å². The minimum atomic E-state index is -3.69. The molecule has 1 aliphatic rings. The fourth-order valence-corrected chi connectivity index (χ4v) is 5.11. The maximum atomic E-state index is 12.9. The number of hydrogen-bond donors (Lipinski definition) is 2. The van der Waals surface area contributed by atoms with Gasteiger partial charge in [-0.1, -0.05) is 42.5 Å². The molecule has 0 spiro atoms. The first-order valence-corrected chi connectivity index (χ1v) is 10.9. The Balaban J connectivity index is 1.75. The van der Waals surface area contributed by atoms with E-state index in [1.54, 1.807) is 36.4 Å². The van der Waals surface area contributed by atoms with Gasteiger partial charge in [0.25, 0.3) is 5.91 Å². The lowest BCUT2D eigenvalue weighted by Crippen LogP contribution is -2.39. The van der Waals surface area contributed by atoms with Gasteiger partial charge in [0, 0.05) is 6.04 Å². The second-order valence-corrected chi connectivity index (χ2v) is 9.06. The molecule has 1 aliphatic carbocycles. The van der Waals surface area contributed by atoms with Crippen LogP contribution < -0.4 is 5.32 Å². The van der Waals surface area contributed by atoms with E-state index in [1.807, 2.05) is 6.07 Å². The van der Waals surface area contributed by atoms with E-state index in [4.69, 9.17) is 5.11 Å². The molecule has 3 rings (SSSR count). The molecule has 0 atom stereocenters. The van der Waals surface area contributed by atoms with E-state index in [-0.39, 0.29) is 28.2 Å². The van der Waals surface area contributed by atoms with Crippen molar-refractivity contribution in [3.05, 3.63) is 65.7 Å². The summed E-state index contributed by atoms with van der Waals surface area (Å²) in [4.78, 5) is 23.8. The van der Waals surface area contributed by atoms with Gasteiger partial charge < -0.3 is 10.4 Å².